The molecule has 0 aliphatic carbocycles. The van der Waals surface area contributed by atoms with Crippen molar-refractivity contribution in [3.05, 3.63) is 100 Å². The van der Waals surface area contributed by atoms with Gasteiger partial charge in [0.15, 0.2) is 11.5 Å². The van der Waals surface area contributed by atoms with E-state index in [9.17, 15) is 27.6 Å². The number of anilines is 1. The van der Waals surface area contributed by atoms with E-state index in [4.69, 9.17) is 14.2 Å². The molecule has 0 unspecified atom stereocenters. The van der Waals surface area contributed by atoms with Crippen LogP contribution in [0.4, 0.5) is 23.7 Å². The van der Waals surface area contributed by atoms with Gasteiger partial charge in [0.25, 0.3) is 11.1 Å². The maximum absolute atomic E-state index is 13.1. The van der Waals surface area contributed by atoms with Gasteiger partial charge in [-0.05, 0) is 76.1 Å². The molecule has 0 saturated carbocycles. The third kappa shape index (κ3) is 6.81. The quantitative estimate of drug-likeness (QED) is 0.199. The summed E-state index contributed by atoms with van der Waals surface area (Å²) in [6.45, 7) is -0.403. The number of thioether (sulfide) groups is 1. The fraction of sp³-hybridized carbons (Fsp3) is 0.156. The number of imide groups is 1. The Morgan fingerprint density at radius 1 is 0.886 bits per heavy atom. The Morgan fingerprint density at radius 3 is 2.34 bits per heavy atom. The van der Waals surface area contributed by atoms with Crippen LogP contribution in [-0.4, -0.2) is 42.7 Å². The number of benzene rings is 4. The Labute approximate surface area is 254 Å². The molecule has 4 aromatic carbocycles. The molecule has 1 heterocycles. The summed E-state index contributed by atoms with van der Waals surface area (Å²) >= 11 is 0.637. The number of halogens is 3. The lowest BCUT2D eigenvalue weighted by atomic mass is 10.1. The number of rotatable bonds is 9. The molecular formula is C32H25F3N2O6S. The Morgan fingerprint density at radius 2 is 1.61 bits per heavy atom. The van der Waals surface area contributed by atoms with Crippen LogP contribution in [0.25, 0.3) is 16.8 Å². The number of alkyl halides is 3. The van der Waals surface area contributed by atoms with Gasteiger partial charge in [-0.3, -0.25) is 19.3 Å². The second-order valence-corrected chi connectivity index (χ2v) is 10.6. The number of nitrogens with zero attached hydrogens (tertiary/aromatic N) is 1. The summed E-state index contributed by atoms with van der Waals surface area (Å²) in [4.78, 5) is 39.0. The average molecular weight is 623 g/mol. The molecule has 1 saturated heterocycles. The van der Waals surface area contributed by atoms with Gasteiger partial charge in [-0.25, -0.2) is 0 Å². The van der Waals surface area contributed by atoms with Crippen molar-refractivity contribution in [1.82, 2.24) is 4.90 Å². The zero-order valence-corrected chi connectivity index (χ0v) is 24.3. The number of amides is 3. The van der Waals surface area contributed by atoms with Crippen LogP contribution in [0.1, 0.15) is 16.7 Å². The van der Waals surface area contributed by atoms with Crippen LogP contribution >= 0.6 is 11.8 Å². The van der Waals surface area contributed by atoms with Crippen LogP contribution < -0.4 is 19.5 Å². The van der Waals surface area contributed by atoms with Gasteiger partial charge in [0.2, 0.25) is 5.91 Å². The summed E-state index contributed by atoms with van der Waals surface area (Å²) in [5, 5.41) is 3.81. The highest BCUT2D eigenvalue weighted by Gasteiger charge is 2.37. The molecule has 3 amide bonds. The SMILES string of the molecule is COc1ccc(C(F)(F)F)cc1NC(=O)CN1C(=O)S/C(=C\c2ccc(OCc3ccc4ccccc4c3)c(OC)c2)C1=O. The molecule has 4 aromatic rings. The van der Waals surface area contributed by atoms with Crippen molar-refractivity contribution in [2.24, 2.45) is 0 Å². The van der Waals surface area contributed by atoms with Gasteiger partial charge in [0, 0.05) is 0 Å². The Balaban J connectivity index is 1.26. The standard InChI is InChI=1S/C32H25F3N2O6S/c1-41-25-12-10-23(32(33,34)35)16-24(25)36-29(38)17-37-30(39)28(44-31(37)40)15-19-8-11-26(27(14-19)42-2)43-18-20-7-9-21-5-3-4-6-22(21)13-20/h3-16H,17-18H2,1-2H3,(H,36,38)/b28-15-. The van der Waals surface area contributed by atoms with Gasteiger partial charge in [-0.2, -0.15) is 13.2 Å². The third-order valence-electron chi connectivity index (χ3n) is 6.67. The highest BCUT2D eigenvalue weighted by atomic mass is 32.2. The molecule has 0 atom stereocenters. The van der Waals surface area contributed by atoms with E-state index in [1.807, 2.05) is 42.5 Å². The number of carbonyl (C=O) groups excluding carboxylic acids is 3. The molecule has 1 aliphatic rings. The minimum absolute atomic E-state index is 0.0148. The fourth-order valence-electron chi connectivity index (χ4n) is 4.49. The molecule has 1 N–H and O–H groups in total. The van der Waals surface area contributed by atoms with Crippen molar-refractivity contribution in [3.8, 4) is 17.2 Å². The fourth-order valence-corrected chi connectivity index (χ4v) is 5.32. The van der Waals surface area contributed by atoms with E-state index < -0.39 is 35.3 Å². The topological polar surface area (TPSA) is 94.2 Å². The van der Waals surface area contributed by atoms with Crippen molar-refractivity contribution in [2.45, 2.75) is 12.8 Å². The molecule has 44 heavy (non-hydrogen) atoms. The normalized spacial score (nSPS) is 14.3. The van der Waals surface area contributed by atoms with Gasteiger partial charge < -0.3 is 19.5 Å². The number of fused-ring (bicyclic) bond motifs is 1. The lowest BCUT2D eigenvalue weighted by molar-refractivity contribution is -0.137. The first kappa shape index (κ1) is 30.5. The van der Waals surface area contributed by atoms with Crippen molar-refractivity contribution in [2.75, 3.05) is 26.1 Å². The Bertz CT molecular complexity index is 1790. The smallest absolute Gasteiger partial charge is 0.416 e. The summed E-state index contributed by atoms with van der Waals surface area (Å²) in [5.41, 5.74) is 0.274. The van der Waals surface area contributed by atoms with Gasteiger partial charge in [0.05, 0.1) is 30.4 Å². The van der Waals surface area contributed by atoms with Crippen molar-refractivity contribution < 1.29 is 41.8 Å². The number of hydrogen-bond donors (Lipinski definition) is 1. The second kappa shape index (κ2) is 12.7. The molecule has 1 fully saturated rings. The first-order valence-electron chi connectivity index (χ1n) is 13.1. The Kier molecular flexibility index (Phi) is 8.81. The zero-order chi connectivity index (χ0) is 31.4. The molecular weight excluding hydrogens is 597 g/mol. The van der Waals surface area contributed by atoms with Gasteiger partial charge in [-0.15, -0.1) is 0 Å². The van der Waals surface area contributed by atoms with Crippen LogP contribution in [-0.2, 0) is 22.4 Å². The molecule has 12 heteroatoms. The number of methoxy groups -OCH3 is 2. The molecule has 5 rings (SSSR count). The zero-order valence-electron chi connectivity index (χ0n) is 23.4. The highest BCUT2D eigenvalue weighted by molar-refractivity contribution is 8.18. The number of nitrogens with one attached hydrogen (secondary N) is 1. The van der Waals surface area contributed by atoms with E-state index in [1.54, 1.807) is 18.2 Å². The number of carbonyl (C=O) groups is 3. The summed E-state index contributed by atoms with van der Waals surface area (Å²) in [7, 11) is 2.71. The first-order chi connectivity index (χ1) is 21.0. The molecule has 0 aromatic heterocycles. The lowest BCUT2D eigenvalue weighted by Crippen LogP contribution is -2.36. The second-order valence-electron chi connectivity index (χ2n) is 9.61. The summed E-state index contributed by atoms with van der Waals surface area (Å²) < 4.78 is 55.9. The predicted molar refractivity (Wildman–Crippen MR) is 161 cm³/mol. The largest absolute Gasteiger partial charge is 0.495 e. The molecule has 0 bridgehead atoms. The van der Waals surface area contributed by atoms with E-state index in [0.29, 0.717) is 46.4 Å². The summed E-state index contributed by atoms with van der Waals surface area (Å²) in [6.07, 6.45) is -3.17. The molecule has 0 spiro atoms. The molecule has 226 valence electrons. The van der Waals surface area contributed by atoms with Crippen LogP contribution in [0.2, 0.25) is 0 Å². The first-order valence-corrected chi connectivity index (χ1v) is 14.0. The molecule has 1 aliphatic heterocycles. The van der Waals surface area contributed by atoms with Gasteiger partial charge >= 0.3 is 6.18 Å². The highest BCUT2D eigenvalue weighted by Crippen LogP contribution is 2.37. The van der Waals surface area contributed by atoms with Crippen LogP contribution in [0.15, 0.2) is 83.8 Å². The minimum atomic E-state index is -4.65. The van der Waals surface area contributed by atoms with E-state index in [0.717, 1.165) is 28.5 Å². The maximum atomic E-state index is 13.1. The number of hydrogen-bond acceptors (Lipinski definition) is 7. The van der Waals surface area contributed by atoms with Gasteiger partial charge in [-0.1, -0.05) is 42.5 Å². The summed E-state index contributed by atoms with van der Waals surface area (Å²) in [6, 6.07) is 21.7. The predicted octanol–water partition coefficient (Wildman–Crippen LogP) is 7.13. The van der Waals surface area contributed by atoms with E-state index >= 15 is 0 Å². The molecule has 0 radical (unpaired) electrons. The Hall–Kier alpha value is -4.97. The average Bonchev–Trinajstić information content (AvgIpc) is 3.26. The van der Waals surface area contributed by atoms with Crippen molar-refractivity contribution in [3.63, 3.8) is 0 Å². The monoisotopic (exact) mass is 622 g/mol. The van der Waals surface area contributed by atoms with Crippen molar-refractivity contribution in [1.29, 1.82) is 0 Å². The molecule has 8 nitrogen and oxygen atoms in total. The van der Waals surface area contributed by atoms with Crippen LogP contribution in [0.5, 0.6) is 17.2 Å². The van der Waals surface area contributed by atoms with Crippen LogP contribution in [0, 0.1) is 0 Å². The van der Waals surface area contributed by atoms with Gasteiger partial charge in [0.1, 0.15) is 18.9 Å². The number of ether oxygens (including phenoxy) is 3. The lowest BCUT2D eigenvalue weighted by Gasteiger charge is -2.16. The summed E-state index contributed by atoms with van der Waals surface area (Å²) in [5.74, 6) is -0.720. The minimum Gasteiger partial charge on any atom is -0.495 e. The van der Waals surface area contributed by atoms with E-state index in [1.165, 1.54) is 20.3 Å². The maximum Gasteiger partial charge on any atom is 0.416 e. The van der Waals surface area contributed by atoms with E-state index in [-0.39, 0.29) is 16.3 Å². The van der Waals surface area contributed by atoms with E-state index in [2.05, 4.69) is 5.32 Å². The van der Waals surface area contributed by atoms with Crippen LogP contribution in [0.3, 0.4) is 0 Å². The van der Waals surface area contributed by atoms with Crippen molar-refractivity contribution >= 4 is 51.4 Å². The third-order valence-corrected chi connectivity index (χ3v) is 7.58.